The SMILES string of the molecule is CC(C)(N=Cc1ccc2ccccc2c1)C(O)c1cccs1. The number of benzene rings is 2. The van der Waals surface area contributed by atoms with E-state index in [1.165, 1.54) is 10.8 Å². The molecule has 0 aliphatic heterocycles. The van der Waals surface area contributed by atoms with Gasteiger partial charge in [0.2, 0.25) is 0 Å². The molecule has 0 saturated heterocycles. The van der Waals surface area contributed by atoms with Gasteiger partial charge in [0.25, 0.3) is 0 Å². The van der Waals surface area contributed by atoms with Crippen LogP contribution in [0, 0.1) is 0 Å². The summed E-state index contributed by atoms with van der Waals surface area (Å²) in [5.74, 6) is 0. The van der Waals surface area contributed by atoms with E-state index in [1.54, 1.807) is 11.3 Å². The van der Waals surface area contributed by atoms with Crippen LogP contribution >= 0.6 is 11.3 Å². The van der Waals surface area contributed by atoms with Gasteiger partial charge in [-0.05, 0) is 47.7 Å². The first-order chi connectivity index (χ1) is 10.6. The van der Waals surface area contributed by atoms with Gasteiger partial charge in [0, 0.05) is 11.1 Å². The van der Waals surface area contributed by atoms with Crippen LogP contribution in [0.5, 0.6) is 0 Å². The first-order valence-corrected chi connectivity index (χ1v) is 8.20. The Balaban J connectivity index is 1.84. The van der Waals surface area contributed by atoms with Gasteiger partial charge in [-0.2, -0.15) is 0 Å². The molecule has 0 spiro atoms. The highest BCUT2D eigenvalue weighted by Crippen LogP contribution is 2.31. The molecule has 0 saturated carbocycles. The minimum absolute atomic E-state index is 0.559. The van der Waals surface area contributed by atoms with Gasteiger partial charge in [-0.1, -0.05) is 42.5 Å². The maximum absolute atomic E-state index is 10.5. The van der Waals surface area contributed by atoms with Crippen LogP contribution < -0.4 is 0 Å². The molecule has 3 heteroatoms. The third kappa shape index (κ3) is 3.11. The number of rotatable bonds is 4. The van der Waals surface area contributed by atoms with Crippen LogP contribution in [0.25, 0.3) is 10.8 Å². The van der Waals surface area contributed by atoms with Crippen LogP contribution in [0.1, 0.15) is 30.4 Å². The summed E-state index contributed by atoms with van der Waals surface area (Å²) >= 11 is 1.56. The Bertz CT molecular complexity index is 790. The number of aliphatic hydroxyl groups excluding tert-OH is 1. The van der Waals surface area contributed by atoms with E-state index in [-0.39, 0.29) is 0 Å². The van der Waals surface area contributed by atoms with Crippen molar-refractivity contribution in [3.05, 3.63) is 70.4 Å². The Hall–Kier alpha value is -1.97. The van der Waals surface area contributed by atoms with Crippen molar-refractivity contribution in [1.82, 2.24) is 0 Å². The topological polar surface area (TPSA) is 32.6 Å². The maximum atomic E-state index is 10.5. The van der Waals surface area contributed by atoms with Gasteiger partial charge < -0.3 is 5.11 Å². The Kier molecular flexibility index (Phi) is 4.10. The van der Waals surface area contributed by atoms with Gasteiger partial charge in [0.05, 0.1) is 5.54 Å². The highest BCUT2D eigenvalue weighted by atomic mass is 32.1. The van der Waals surface area contributed by atoms with E-state index in [0.29, 0.717) is 0 Å². The summed E-state index contributed by atoms with van der Waals surface area (Å²) in [6.45, 7) is 3.91. The van der Waals surface area contributed by atoms with Crippen molar-refractivity contribution in [2.75, 3.05) is 0 Å². The maximum Gasteiger partial charge on any atom is 0.113 e. The lowest BCUT2D eigenvalue weighted by Gasteiger charge is -2.25. The van der Waals surface area contributed by atoms with Gasteiger partial charge in [-0.25, -0.2) is 0 Å². The van der Waals surface area contributed by atoms with Gasteiger partial charge in [-0.3, -0.25) is 4.99 Å². The fourth-order valence-corrected chi connectivity index (χ4v) is 3.28. The molecule has 0 aliphatic carbocycles. The summed E-state index contributed by atoms with van der Waals surface area (Å²) in [6.07, 6.45) is 1.26. The second kappa shape index (κ2) is 6.03. The van der Waals surface area contributed by atoms with Crippen LogP contribution in [-0.4, -0.2) is 16.9 Å². The third-order valence-electron chi connectivity index (χ3n) is 3.80. The molecule has 22 heavy (non-hydrogen) atoms. The average molecular weight is 309 g/mol. The molecule has 2 nitrogen and oxygen atoms in total. The highest BCUT2D eigenvalue weighted by molar-refractivity contribution is 7.10. The first kappa shape index (κ1) is 14.9. The minimum atomic E-state index is -0.593. The van der Waals surface area contributed by atoms with Crippen molar-refractivity contribution in [1.29, 1.82) is 0 Å². The Labute approximate surface area is 134 Å². The lowest BCUT2D eigenvalue weighted by molar-refractivity contribution is 0.110. The number of nitrogens with zero attached hydrogens (tertiary/aromatic N) is 1. The van der Waals surface area contributed by atoms with Gasteiger partial charge in [0.1, 0.15) is 6.10 Å². The standard InChI is InChI=1S/C19H19NOS/c1-19(2,18(21)17-8-5-11-22-17)20-13-14-9-10-15-6-3-4-7-16(15)12-14/h3-13,18,21H,1-2H3. The number of aliphatic hydroxyl groups is 1. The number of aliphatic imine (C=N–C) groups is 1. The summed E-state index contributed by atoms with van der Waals surface area (Å²) < 4.78 is 0. The molecule has 0 radical (unpaired) electrons. The normalized spacial score (nSPS) is 13.8. The molecule has 3 rings (SSSR count). The molecule has 0 bridgehead atoms. The van der Waals surface area contributed by atoms with Crippen molar-refractivity contribution >= 4 is 28.3 Å². The van der Waals surface area contributed by atoms with Crippen molar-refractivity contribution in [2.45, 2.75) is 25.5 Å². The van der Waals surface area contributed by atoms with Crippen LogP contribution in [0.4, 0.5) is 0 Å². The fraction of sp³-hybridized carbons (Fsp3) is 0.211. The second-order valence-electron chi connectivity index (χ2n) is 5.94. The van der Waals surface area contributed by atoms with E-state index in [4.69, 9.17) is 0 Å². The largest absolute Gasteiger partial charge is 0.385 e. The molecule has 1 unspecified atom stereocenters. The van der Waals surface area contributed by atoms with E-state index in [2.05, 4.69) is 35.3 Å². The van der Waals surface area contributed by atoms with Crippen molar-refractivity contribution in [2.24, 2.45) is 4.99 Å². The zero-order chi connectivity index (χ0) is 15.6. The van der Waals surface area contributed by atoms with Crippen LogP contribution in [0.2, 0.25) is 0 Å². The Morgan fingerprint density at radius 3 is 2.55 bits per heavy atom. The predicted molar refractivity (Wildman–Crippen MR) is 94.9 cm³/mol. The number of hydrogen-bond acceptors (Lipinski definition) is 3. The van der Waals surface area contributed by atoms with E-state index in [9.17, 15) is 5.11 Å². The number of fused-ring (bicyclic) bond motifs is 1. The van der Waals surface area contributed by atoms with Gasteiger partial charge in [0.15, 0.2) is 0 Å². The minimum Gasteiger partial charge on any atom is -0.385 e. The average Bonchev–Trinajstić information content (AvgIpc) is 3.06. The summed E-state index contributed by atoms with van der Waals surface area (Å²) in [5, 5.41) is 14.9. The molecule has 3 aromatic rings. The fourth-order valence-electron chi connectivity index (χ4n) is 2.39. The third-order valence-corrected chi connectivity index (χ3v) is 4.73. The molecule has 1 atom stereocenters. The second-order valence-corrected chi connectivity index (χ2v) is 6.92. The van der Waals surface area contributed by atoms with Crippen molar-refractivity contribution in [3.8, 4) is 0 Å². The molecule has 112 valence electrons. The van der Waals surface area contributed by atoms with E-state index < -0.39 is 11.6 Å². The summed E-state index contributed by atoms with van der Waals surface area (Å²) in [6, 6.07) is 18.4. The predicted octanol–water partition coefficient (Wildman–Crippen LogP) is 4.83. The van der Waals surface area contributed by atoms with E-state index in [0.717, 1.165) is 10.4 Å². The van der Waals surface area contributed by atoms with Crippen LogP contribution in [-0.2, 0) is 0 Å². The van der Waals surface area contributed by atoms with E-state index >= 15 is 0 Å². The smallest absolute Gasteiger partial charge is 0.113 e. The molecule has 2 aromatic carbocycles. The monoisotopic (exact) mass is 309 g/mol. The molecule has 0 fully saturated rings. The summed E-state index contributed by atoms with van der Waals surface area (Å²) in [4.78, 5) is 5.57. The molecular weight excluding hydrogens is 290 g/mol. The van der Waals surface area contributed by atoms with Crippen molar-refractivity contribution < 1.29 is 5.11 Å². The lowest BCUT2D eigenvalue weighted by Crippen LogP contribution is -2.26. The van der Waals surface area contributed by atoms with E-state index in [1.807, 2.05) is 49.7 Å². The first-order valence-electron chi connectivity index (χ1n) is 7.32. The summed E-state index contributed by atoms with van der Waals surface area (Å²) in [7, 11) is 0. The van der Waals surface area contributed by atoms with Crippen LogP contribution in [0.3, 0.4) is 0 Å². The van der Waals surface area contributed by atoms with Gasteiger partial charge in [-0.15, -0.1) is 11.3 Å². The molecule has 1 heterocycles. The lowest BCUT2D eigenvalue weighted by atomic mass is 9.97. The van der Waals surface area contributed by atoms with Gasteiger partial charge >= 0.3 is 0 Å². The number of hydrogen-bond donors (Lipinski definition) is 1. The Morgan fingerprint density at radius 1 is 1.05 bits per heavy atom. The Morgan fingerprint density at radius 2 is 1.82 bits per heavy atom. The zero-order valence-electron chi connectivity index (χ0n) is 12.7. The summed E-state index contributed by atoms with van der Waals surface area (Å²) in [5.41, 5.74) is 0.487. The molecule has 1 aromatic heterocycles. The van der Waals surface area contributed by atoms with Crippen molar-refractivity contribution in [3.63, 3.8) is 0 Å². The van der Waals surface area contributed by atoms with Crippen LogP contribution in [0.15, 0.2) is 65.0 Å². The highest BCUT2D eigenvalue weighted by Gasteiger charge is 2.28. The zero-order valence-corrected chi connectivity index (χ0v) is 13.5. The number of thiophene rings is 1. The molecule has 1 N–H and O–H groups in total. The quantitative estimate of drug-likeness (QED) is 0.688. The molecule has 0 amide bonds. The molecule has 0 aliphatic rings. The molecular formula is C19H19NOS.